The van der Waals surface area contributed by atoms with Crippen molar-refractivity contribution in [2.24, 2.45) is 7.05 Å². The van der Waals surface area contributed by atoms with Crippen LogP contribution < -0.4 is 5.32 Å². The molecular weight excluding hydrogens is 364 g/mol. The van der Waals surface area contributed by atoms with Gasteiger partial charge in [-0.05, 0) is 45.2 Å². The third-order valence-electron chi connectivity index (χ3n) is 5.79. The molecule has 0 bridgehead atoms. The van der Waals surface area contributed by atoms with Crippen molar-refractivity contribution >= 4 is 15.9 Å². The van der Waals surface area contributed by atoms with Crippen molar-refractivity contribution in [1.29, 1.82) is 0 Å². The predicted molar refractivity (Wildman–Crippen MR) is 105 cm³/mol. The van der Waals surface area contributed by atoms with Crippen molar-refractivity contribution < 1.29 is 13.2 Å². The minimum atomic E-state index is -3.52. The summed E-state index contributed by atoms with van der Waals surface area (Å²) in [6.45, 7) is 5.84. The normalized spacial score (nSPS) is 22.7. The molecule has 2 aliphatic heterocycles. The monoisotopic (exact) mass is 396 g/mol. The van der Waals surface area contributed by atoms with Gasteiger partial charge in [0.2, 0.25) is 10.0 Å². The fourth-order valence-corrected chi connectivity index (χ4v) is 5.64. The minimum Gasteiger partial charge on any atom is -0.349 e. The minimum absolute atomic E-state index is 0.210. The number of carbonyl (C=O) groups excluding carboxylic acids is 1. The van der Waals surface area contributed by atoms with Crippen LogP contribution >= 0.6 is 0 Å². The molecule has 27 heavy (non-hydrogen) atoms. The van der Waals surface area contributed by atoms with Gasteiger partial charge >= 0.3 is 0 Å². The summed E-state index contributed by atoms with van der Waals surface area (Å²) >= 11 is 0. The molecule has 1 unspecified atom stereocenters. The lowest BCUT2D eigenvalue weighted by Gasteiger charge is -2.33. The molecule has 2 aliphatic rings. The Labute approximate surface area is 162 Å². The number of aromatic nitrogens is 1. The van der Waals surface area contributed by atoms with Crippen molar-refractivity contribution in [2.45, 2.75) is 56.4 Å². The van der Waals surface area contributed by atoms with Crippen LogP contribution in [0.3, 0.4) is 0 Å². The molecule has 8 heteroatoms. The number of sulfonamides is 1. The summed E-state index contributed by atoms with van der Waals surface area (Å²) < 4.78 is 28.8. The first kappa shape index (κ1) is 20.4. The molecule has 3 rings (SSSR count). The summed E-state index contributed by atoms with van der Waals surface area (Å²) in [5.41, 5.74) is 0.386. The highest BCUT2D eigenvalue weighted by Gasteiger charge is 2.28. The Bertz CT molecular complexity index is 753. The number of rotatable bonds is 6. The Morgan fingerprint density at radius 1 is 1.15 bits per heavy atom. The van der Waals surface area contributed by atoms with E-state index in [1.807, 2.05) is 0 Å². The second-order valence-corrected chi connectivity index (χ2v) is 9.71. The molecule has 1 atom stereocenters. The third kappa shape index (κ3) is 4.73. The van der Waals surface area contributed by atoms with Crippen LogP contribution in [-0.4, -0.2) is 66.9 Å². The lowest BCUT2D eigenvalue weighted by atomic mass is 10.0. The van der Waals surface area contributed by atoms with Crippen LogP contribution in [0.2, 0.25) is 0 Å². The third-order valence-corrected chi connectivity index (χ3v) is 7.65. The number of piperidine rings is 2. The Balaban J connectivity index is 1.60. The van der Waals surface area contributed by atoms with E-state index in [0.717, 1.165) is 32.4 Å². The maximum absolute atomic E-state index is 12.8. The molecule has 2 saturated heterocycles. The maximum Gasteiger partial charge on any atom is 0.267 e. The average Bonchev–Trinajstić information content (AvgIpc) is 3.06. The van der Waals surface area contributed by atoms with Gasteiger partial charge in [0.25, 0.3) is 5.91 Å². The SMILES string of the molecule is CC1CCCCN1CCNC(=O)c1cc(S(=O)(=O)N2CCCCC2)cn1C. The van der Waals surface area contributed by atoms with Crippen LogP contribution in [0.5, 0.6) is 0 Å². The average molecular weight is 397 g/mol. The zero-order valence-corrected chi connectivity index (χ0v) is 17.3. The molecule has 0 radical (unpaired) electrons. The standard InChI is InChI=1S/C19H32N4O3S/c1-16-8-4-7-10-22(16)13-9-20-19(24)18-14-17(15-21(18)2)27(25,26)23-11-5-3-6-12-23/h14-16H,3-13H2,1-2H3,(H,20,24). The van der Waals surface area contributed by atoms with E-state index >= 15 is 0 Å². The van der Waals surface area contributed by atoms with Crippen molar-refractivity contribution in [3.8, 4) is 0 Å². The van der Waals surface area contributed by atoms with E-state index in [4.69, 9.17) is 0 Å². The lowest BCUT2D eigenvalue weighted by Crippen LogP contribution is -2.42. The molecule has 1 aromatic rings. The number of nitrogens with one attached hydrogen (secondary N) is 1. The predicted octanol–water partition coefficient (Wildman–Crippen LogP) is 1.80. The van der Waals surface area contributed by atoms with E-state index in [1.165, 1.54) is 29.6 Å². The fourth-order valence-electron chi connectivity index (χ4n) is 4.05. The van der Waals surface area contributed by atoms with E-state index < -0.39 is 10.0 Å². The highest BCUT2D eigenvalue weighted by molar-refractivity contribution is 7.89. The van der Waals surface area contributed by atoms with Gasteiger partial charge in [-0.3, -0.25) is 9.69 Å². The molecule has 1 aromatic heterocycles. The lowest BCUT2D eigenvalue weighted by molar-refractivity contribution is 0.0930. The maximum atomic E-state index is 12.8. The zero-order chi connectivity index (χ0) is 19.4. The Hall–Kier alpha value is -1.38. The smallest absolute Gasteiger partial charge is 0.267 e. The molecule has 0 aromatic carbocycles. The van der Waals surface area contributed by atoms with Crippen LogP contribution in [0.1, 0.15) is 55.9 Å². The first-order chi connectivity index (χ1) is 12.9. The van der Waals surface area contributed by atoms with Crippen LogP contribution in [0.4, 0.5) is 0 Å². The van der Waals surface area contributed by atoms with Crippen molar-refractivity contribution in [3.63, 3.8) is 0 Å². The van der Waals surface area contributed by atoms with Gasteiger partial charge in [-0.1, -0.05) is 12.8 Å². The molecular formula is C19H32N4O3S. The summed E-state index contributed by atoms with van der Waals surface area (Å²) in [6, 6.07) is 2.06. The van der Waals surface area contributed by atoms with Crippen LogP contribution in [0.25, 0.3) is 0 Å². The summed E-state index contributed by atoms with van der Waals surface area (Å²) in [5.74, 6) is -0.220. The number of carbonyl (C=O) groups is 1. The van der Waals surface area contributed by atoms with Gasteiger partial charge in [-0.15, -0.1) is 0 Å². The number of aryl methyl sites for hydroxylation is 1. The van der Waals surface area contributed by atoms with Gasteiger partial charge in [0.1, 0.15) is 10.6 Å². The van der Waals surface area contributed by atoms with Crippen molar-refractivity contribution in [2.75, 3.05) is 32.7 Å². The van der Waals surface area contributed by atoms with Gasteiger partial charge < -0.3 is 9.88 Å². The van der Waals surface area contributed by atoms with Crippen LogP contribution in [0, 0.1) is 0 Å². The Kier molecular flexibility index (Phi) is 6.60. The largest absolute Gasteiger partial charge is 0.349 e. The number of nitrogens with zero attached hydrogens (tertiary/aromatic N) is 3. The van der Waals surface area contributed by atoms with E-state index in [9.17, 15) is 13.2 Å². The number of hydrogen-bond acceptors (Lipinski definition) is 4. The second-order valence-electron chi connectivity index (χ2n) is 7.77. The van der Waals surface area contributed by atoms with E-state index in [-0.39, 0.29) is 10.8 Å². The number of amides is 1. The number of hydrogen-bond donors (Lipinski definition) is 1. The van der Waals surface area contributed by atoms with Gasteiger partial charge in [0.15, 0.2) is 0 Å². The van der Waals surface area contributed by atoms with Gasteiger partial charge in [-0.2, -0.15) is 4.31 Å². The van der Waals surface area contributed by atoms with Crippen molar-refractivity contribution in [1.82, 2.24) is 19.1 Å². The second kappa shape index (κ2) is 8.75. The molecule has 3 heterocycles. The molecule has 0 saturated carbocycles. The first-order valence-electron chi connectivity index (χ1n) is 10.1. The fraction of sp³-hybridized carbons (Fsp3) is 0.737. The Morgan fingerprint density at radius 2 is 1.85 bits per heavy atom. The molecule has 2 fully saturated rings. The molecule has 1 N–H and O–H groups in total. The molecule has 152 valence electrons. The van der Waals surface area contributed by atoms with Crippen LogP contribution in [-0.2, 0) is 17.1 Å². The van der Waals surface area contributed by atoms with E-state index in [1.54, 1.807) is 17.8 Å². The quantitative estimate of drug-likeness (QED) is 0.796. The molecule has 0 aliphatic carbocycles. The summed E-state index contributed by atoms with van der Waals surface area (Å²) in [6.07, 6.45) is 8.12. The van der Waals surface area contributed by atoms with Gasteiger partial charge in [0.05, 0.1) is 0 Å². The van der Waals surface area contributed by atoms with E-state index in [0.29, 0.717) is 31.4 Å². The molecule has 0 spiro atoms. The summed E-state index contributed by atoms with van der Waals surface area (Å²) in [7, 11) is -1.80. The van der Waals surface area contributed by atoms with E-state index in [2.05, 4.69) is 17.1 Å². The summed E-state index contributed by atoms with van der Waals surface area (Å²) in [5, 5.41) is 2.94. The highest BCUT2D eigenvalue weighted by atomic mass is 32.2. The summed E-state index contributed by atoms with van der Waals surface area (Å²) in [4.78, 5) is 15.2. The van der Waals surface area contributed by atoms with Gasteiger partial charge in [-0.25, -0.2) is 8.42 Å². The van der Waals surface area contributed by atoms with Crippen LogP contribution in [0.15, 0.2) is 17.2 Å². The zero-order valence-electron chi connectivity index (χ0n) is 16.5. The molecule has 7 nitrogen and oxygen atoms in total. The number of likely N-dealkylation sites (tertiary alicyclic amines) is 1. The van der Waals surface area contributed by atoms with Crippen molar-refractivity contribution in [3.05, 3.63) is 18.0 Å². The van der Waals surface area contributed by atoms with Gasteiger partial charge in [0, 0.05) is 45.5 Å². The highest BCUT2D eigenvalue weighted by Crippen LogP contribution is 2.22. The Morgan fingerprint density at radius 3 is 2.56 bits per heavy atom. The molecule has 1 amide bonds. The first-order valence-corrected chi connectivity index (χ1v) is 11.5. The topological polar surface area (TPSA) is 74.7 Å².